The molecule has 0 aliphatic rings. The van der Waals surface area contributed by atoms with Crippen molar-refractivity contribution in [1.29, 1.82) is 0 Å². The van der Waals surface area contributed by atoms with Crippen molar-refractivity contribution in [1.82, 2.24) is 5.32 Å². The molecule has 3 N–H and O–H groups in total. The fourth-order valence-corrected chi connectivity index (χ4v) is 1.03. The number of methoxy groups -OCH3 is 4. The molecule has 1 amide bonds. The van der Waals surface area contributed by atoms with E-state index in [0.29, 0.717) is 13.0 Å². The maximum Gasteiger partial charge on any atom is 0.216 e. The number of unbranched alkanes of at least 4 members (excludes halogenated alkanes) is 1. The summed E-state index contributed by atoms with van der Waals surface area (Å²) >= 11 is 0. The number of hydrogen-bond acceptors (Lipinski definition) is 10. The van der Waals surface area contributed by atoms with Crippen LogP contribution in [0.5, 0.6) is 0 Å². The lowest BCUT2D eigenvalue weighted by atomic mass is 9.92. The van der Waals surface area contributed by atoms with Crippen molar-refractivity contribution in [2.24, 2.45) is 11.1 Å². The molecule has 0 aromatic carbocycles. The quantitative estimate of drug-likeness (QED) is 0.252. The lowest BCUT2D eigenvalue weighted by Gasteiger charge is -2.11. The average Bonchev–Trinajstić information content (AvgIpc) is 2.93. The molecule has 0 radical (unpaired) electrons. The summed E-state index contributed by atoms with van der Waals surface area (Å²) in [6, 6.07) is 0.227. The Morgan fingerprint density at radius 2 is 1.04 bits per heavy atom. The highest BCUT2D eigenvalue weighted by Gasteiger charge is 2.14. The van der Waals surface area contributed by atoms with Gasteiger partial charge in [-0.25, -0.2) is 0 Å². The molecule has 0 fully saturated rings. The van der Waals surface area contributed by atoms with E-state index in [0.717, 1.165) is 26.1 Å². The van der Waals surface area contributed by atoms with Crippen LogP contribution in [0.2, 0.25) is 0 Å². The first-order chi connectivity index (χ1) is 20.6. The number of rotatable bonds is 11. The lowest BCUT2D eigenvalue weighted by Crippen LogP contribution is -2.23. The zero-order valence-electron chi connectivity index (χ0n) is 32.7. The minimum Gasteiger partial charge on any atom is -0.385 e. The topological polar surface area (TPSA) is 160 Å². The van der Waals surface area contributed by atoms with Gasteiger partial charge in [-0.05, 0) is 53.9 Å². The van der Waals surface area contributed by atoms with E-state index in [1.807, 2.05) is 34.6 Å². The van der Waals surface area contributed by atoms with E-state index in [1.165, 1.54) is 47.6 Å². The molecule has 0 spiro atoms. The third-order valence-electron chi connectivity index (χ3n) is 4.27. The van der Waals surface area contributed by atoms with Crippen LogP contribution in [0.25, 0.3) is 0 Å². The fraction of sp³-hybridized carbons (Fsp3) is 0.853. The normalized spacial score (nSPS) is 9.40. The van der Waals surface area contributed by atoms with Gasteiger partial charge in [0.25, 0.3) is 0 Å². The van der Waals surface area contributed by atoms with Gasteiger partial charge in [0.1, 0.15) is 24.0 Å². The van der Waals surface area contributed by atoms with Crippen molar-refractivity contribution < 1.29 is 42.9 Å². The average molecular weight is 657 g/mol. The number of hydrogen-bond donors (Lipinski definition) is 2. The molecule has 0 saturated carbocycles. The van der Waals surface area contributed by atoms with Crippen LogP contribution in [0, 0.1) is 5.41 Å². The summed E-state index contributed by atoms with van der Waals surface area (Å²) in [5.41, 5.74) is 5.32. The first kappa shape index (κ1) is 61.9. The molecule has 0 rings (SSSR count). The monoisotopic (exact) mass is 657 g/mol. The Morgan fingerprint density at radius 1 is 0.689 bits per heavy atom. The van der Waals surface area contributed by atoms with Crippen molar-refractivity contribution in [3.05, 3.63) is 0 Å². The van der Waals surface area contributed by atoms with E-state index in [4.69, 9.17) is 19.9 Å². The largest absolute Gasteiger partial charge is 0.385 e. The van der Waals surface area contributed by atoms with Gasteiger partial charge in [0.05, 0.1) is 6.61 Å². The maximum absolute atomic E-state index is 10.5. The van der Waals surface area contributed by atoms with Crippen molar-refractivity contribution in [3.8, 4) is 0 Å². The van der Waals surface area contributed by atoms with Gasteiger partial charge in [-0.3, -0.25) is 14.4 Å². The number of carbonyl (C=O) groups is 5. The summed E-state index contributed by atoms with van der Waals surface area (Å²) in [4.78, 5) is 49.3. The summed E-state index contributed by atoms with van der Waals surface area (Å²) in [6.07, 6.45) is 5.20. The number of amides is 1. The van der Waals surface area contributed by atoms with Gasteiger partial charge < -0.3 is 39.6 Å². The second kappa shape index (κ2) is 54.4. The molecule has 1 unspecified atom stereocenters. The molecule has 0 saturated heterocycles. The predicted molar refractivity (Wildman–Crippen MR) is 189 cm³/mol. The first-order valence-electron chi connectivity index (χ1n) is 15.5. The molecule has 0 aromatic heterocycles. The smallest absolute Gasteiger partial charge is 0.216 e. The van der Waals surface area contributed by atoms with Gasteiger partial charge in [0.15, 0.2) is 5.78 Å². The van der Waals surface area contributed by atoms with Gasteiger partial charge >= 0.3 is 0 Å². The van der Waals surface area contributed by atoms with Gasteiger partial charge in [0, 0.05) is 73.5 Å². The Labute approximate surface area is 278 Å². The lowest BCUT2D eigenvalue weighted by molar-refractivity contribution is -0.124. The van der Waals surface area contributed by atoms with Crippen LogP contribution >= 0.6 is 0 Å². The van der Waals surface area contributed by atoms with E-state index in [9.17, 15) is 24.0 Å². The Bertz CT molecular complexity index is 597. The highest BCUT2D eigenvalue weighted by Crippen LogP contribution is 2.12. The molecule has 0 heterocycles. The Balaban J connectivity index is -0.0000000583. The van der Waals surface area contributed by atoms with Crippen LogP contribution < -0.4 is 11.1 Å². The molecule has 1 atom stereocenters. The summed E-state index contributed by atoms with van der Waals surface area (Å²) in [7, 11) is 8.21. The van der Waals surface area contributed by atoms with Gasteiger partial charge in [-0.15, -0.1) is 0 Å². The van der Waals surface area contributed by atoms with Crippen LogP contribution in [-0.2, 0) is 42.9 Å². The molecule has 0 aliphatic carbocycles. The number of nitrogens with two attached hydrogens (primary N) is 1. The number of ether oxygens (including phenoxy) is 4. The summed E-state index contributed by atoms with van der Waals surface area (Å²) < 4.78 is 18.7. The van der Waals surface area contributed by atoms with E-state index >= 15 is 0 Å². The molecular weight excluding hydrogens is 580 g/mol. The van der Waals surface area contributed by atoms with E-state index < -0.39 is 0 Å². The Morgan fingerprint density at radius 3 is 1.09 bits per heavy atom. The van der Waals surface area contributed by atoms with E-state index in [-0.39, 0.29) is 47.1 Å². The Kier molecular flexibility index (Phi) is 74.8. The minimum atomic E-state index is -0.139. The highest BCUT2D eigenvalue weighted by atomic mass is 16.5. The van der Waals surface area contributed by atoms with Crippen LogP contribution in [0.15, 0.2) is 0 Å². The fourth-order valence-electron chi connectivity index (χ4n) is 1.03. The van der Waals surface area contributed by atoms with Crippen molar-refractivity contribution in [2.75, 3.05) is 61.9 Å². The van der Waals surface area contributed by atoms with Gasteiger partial charge in [0.2, 0.25) is 5.91 Å². The van der Waals surface area contributed by atoms with Crippen LogP contribution in [0.3, 0.4) is 0 Å². The third-order valence-corrected chi connectivity index (χ3v) is 4.27. The molecule has 11 heteroatoms. The Hall–Kier alpha value is -2.05. The zero-order chi connectivity index (χ0) is 37.9. The summed E-state index contributed by atoms with van der Waals surface area (Å²) in [5, 5.41) is 2.39. The number of Topliss-reactive ketones (excluding diaryl/α,β-unsaturated/α-hetero) is 4. The first-order valence-corrected chi connectivity index (χ1v) is 15.5. The molecule has 45 heavy (non-hydrogen) atoms. The van der Waals surface area contributed by atoms with E-state index in [1.54, 1.807) is 42.2 Å². The minimum absolute atomic E-state index is 0.00463. The second-order valence-corrected chi connectivity index (χ2v) is 10.7. The second-order valence-electron chi connectivity index (χ2n) is 10.7. The summed E-state index contributed by atoms with van der Waals surface area (Å²) in [6.45, 7) is 25.8. The third kappa shape index (κ3) is 153. The summed E-state index contributed by atoms with van der Waals surface area (Å²) in [5.74, 6) is 0.736. The van der Waals surface area contributed by atoms with Crippen LogP contribution in [0.4, 0.5) is 0 Å². The molecular formula is C34H76N2O9. The molecule has 276 valence electrons. The van der Waals surface area contributed by atoms with E-state index in [2.05, 4.69) is 23.9 Å². The van der Waals surface area contributed by atoms with Crippen molar-refractivity contribution in [2.45, 2.75) is 128 Å². The number of nitrogens with one attached hydrogen (secondary N) is 1. The number of carbonyl (C=O) groups excluding carboxylic acids is 5. The molecule has 0 aromatic rings. The predicted octanol–water partition coefficient (Wildman–Crippen LogP) is 6.02. The highest BCUT2D eigenvalue weighted by molar-refractivity contribution is 5.80. The molecule has 0 bridgehead atoms. The van der Waals surface area contributed by atoms with Gasteiger partial charge in [-0.2, -0.15) is 0 Å². The van der Waals surface area contributed by atoms with Gasteiger partial charge in [-0.1, -0.05) is 54.9 Å². The molecule has 11 nitrogen and oxygen atoms in total. The van der Waals surface area contributed by atoms with Crippen LogP contribution in [0.1, 0.15) is 122 Å². The maximum atomic E-state index is 10.5. The number of ketones is 4. The van der Waals surface area contributed by atoms with Crippen molar-refractivity contribution >= 4 is 29.0 Å². The zero-order valence-corrected chi connectivity index (χ0v) is 32.7. The van der Waals surface area contributed by atoms with Crippen molar-refractivity contribution in [3.63, 3.8) is 0 Å². The molecule has 0 aliphatic heterocycles. The SMILES string of the molecule is CC(=O)C(C)(C)C.CC(C)=O.CCC(C)=O.CCC(N)COC.CCCCOC.CCCOC.CNC(C)=O.COCC(C)=O. The van der Waals surface area contributed by atoms with Crippen LogP contribution in [-0.4, -0.2) is 97.0 Å². The standard InChI is InChI=1S/C6H12O.C5H13NO.C5H12O.C4H8O2.C4H10O.C4H8O.C3H7NO.C3H6O/c1-5(7)6(2,3)4;1-3-5(6)4-7-2;1-3-4-5-6-2;1-4(5)3-6-2;1-3-4-5-2;1-3-4(2)5;1-3(5)4-2;1-3(2)4/h1-4H3;5H,3-4,6H2,1-2H3;3-5H2,1-2H3;3H2,1-2H3;3-4H2,1-2H3;3H2,1-2H3;1-2H3,(H,4,5);1-2H3.